The molecule has 0 unspecified atom stereocenters. The lowest BCUT2D eigenvalue weighted by Crippen LogP contribution is -1.87. The first-order valence-electron chi connectivity index (χ1n) is 9.97. The molecule has 2 rings (SSSR count). The molecule has 2 aromatic rings. The second-order valence-electron chi connectivity index (χ2n) is 7.92. The van der Waals surface area contributed by atoms with Crippen molar-refractivity contribution in [1.29, 1.82) is 0 Å². The number of hydrogen-bond donors (Lipinski definition) is 1. The molecule has 0 aliphatic carbocycles. The smallest absolute Gasteiger partial charge is 0.0642 e. The van der Waals surface area contributed by atoms with Gasteiger partial charge in [-0.1, -0.05) is 110 Å². The van der Waals surface area contributed by atoms with Crippen LogP contribution in [0, 0.1) is 0 Å². The summed E-state index contributed by atoms with van der Waals surface area (Å²) in [6, 6.07) is 17.2. The van der Waals surface area contributed by atoms with Gasteiger partial charge >= 0.3 is 0 Å². The zero-order valence-corrected chi connectivity index (χ0v) is 19.8. The number of halogens is 1. The molecule has 0 heterocycles. The number of aliphatic hydroxyl groups is 1. The van der Waals surface area contributed by atoms with E-state index in [9.17, 15) is 0 Å². The fourth-order valence-corrected chi connectivity index (χ4v) is 2.77. The molecular formula is C26H35BrO. The number of benzene rings is 2. The lowest BCUT2D eigenvalue weighted by atomic mass is 10.0. The van der Waals surface area contributed by atoms with Gasteiger partial charge in [0, 0.05) is 5.33 Å². The van der Waals surface area contributed by atoms with Gasteiger partial charge in [0.15, 0.2) is 0 Å². The van der Waals surface area contributed by atoms with Crippen molar-refractivity contribution in [2.24, 2.45) is 0 Å². The van der Waals surface area contributed by atoms with Crippen molar-refractivity contribution in [1.82, 2.24) is 0 Å². The zero-order chi connectivity index (χ0) is 21.1. The summed E-state index contributed by atoms with van der Waals surface area (Å²) >= 11 is 3.44. The Kier molecular flexibility index (Phi) is 11.1. The molecule has 1 nitrogen and oxygen atoms in total. The van der Waals surface area contributed by atoms with Gasteiger partial charge in [0.25, 0.3) is 0 Å². The van der Waals surface area contributed by atoms with Crippen LogP contribution in [0.15, 0.2) is 59.7 Å². The maximum Gasteiger partial charge on any atom is 0.0642 e. The third-order valence-corrected chi connectivity index (χ3v) is 5.38. The molecule has 0 aromatic heterocycles. The molecule has 0 saturated carbocycles. The summed E-state index contributed by atoms with van der Waals surface area (Å²) in [5, 5.41) is 9.81. The first-order valence-corrected chi connectivity index (χ1v) is 11.1. The molecule has 28 heavy (non-hydrogen) atoms. The van der Waals surface area contributed by atoms with E-state index in [0.29, 0.717) is 11.8 Å². The topological polar surface area (TPSA) is 20.2 Å². The Labute approximate surface area is 180 Å². The third kappa shape index (κ3) is 9.03. The quantitative estimate of drug-likeness (QED) is 0.451. The molecule has 0 aliphatic rings. The van der Waals surface area contributed by atoms with Gasteiger partial charge in [0.1, 0.15) is 0 Å². The van der Waals surface area contributed by atoms with Gasteiger partial charge < -0.3 is 5.11 Å². The average molecular weight is 443 g/mol. The Morgan fingerprint density at radius 2 is 1.11 bits per heavy atom. The number of allylic oxidation sites excluding steroid dienone is 1. The lowest BCUT2D eigenvalue weighted by molar-refractivity contribution is 0.332. The van der Waals surface area contributed by atoms with E-state index >= 15 is 0 Å². The minimum absolute atomic E-state index is 0.131. The zero-order valence-electron chi connectivity index (χ0n) is 18.2. The second kappa shape index (κ2) is 12.7. The highest BCUT2D eigenvalue weighted by molar-refractivity contribution is 9.09. The fourth-order valence-electron chi connectivity index (χ4n) is 2.61. The molecule has 0 radical (unpaired) electrons. The van der Waals surface area contributed by atoms with Gasteiger partial charge in [-0.3, -0.25) is 0 Å². The Bertz CT molecular complexity index is 683. The first-order chi connectivity index (χ1) is 13.3. The maximum absolute atomic E-state index is 8.87. The molecule has 0 fully saturated rings. The van der Waals surface area contributed by atoms with Crippen molar-refractivity contribution in [3.05, 3.63) is 81.9 Å². The number of rotatable bonds is 6. The van der Waals surface area contributed by atoms with Crippen LogP contribution in [0.1, 0.15) is 75.6 Å². The molecule has 1 N–H and O–H groups in total. The molecular weight excluding hydrogens is 408 g/mol. The predicted octanol–water partition coefficient (Wildman–Crippen LogP) is 7.81. The van der Waals surface area contributed by atoms with Gasteiger partial charge in [-0.05, 0) is 53.5 Å². The van der Waals surface area contributed by atoms with Crippen LogP contribution in [0.3, 0.4) is 0 Å². The van der Waals surface area contributed by atoms with Gasteiger partial charge in [-0.25, -0.2) is 0 Å². The Balaban J connectivity index is 0.000000280. The van der Waals surface area contributed by atoms with E-state index in [2.05, 4.69) is 105 Å². The van der Waals surface area contributed by atoms with Crippen molar-refractivity contribution in [3.63, 3.8) is 0 Å². The molecule has 0 aliphatic heterocycles. The average Bonchev–Trinajstić information content (AvgIpc) is 2.69. The summed E-state index contributed by atoms with van der Waals surface area (Å²) in [5.41, 5.74) is 7.53. The van der Waals surface area contributed by atoms with Gasteiger partial charge in [-0.15, -0.1) is 0 Å². The van der Waals surface area contributed by atoms with E-state index in [1.54, 1.807) is 0 Å². The third-order valence-electron chi connectivity index (χ3n) is 4.49. The number of alkyl halides is 1. The van der Waals surface area contributed by atoms with Crippen molar-refractivity contribution in [2.75, 3.05) is 11.9 Å². The molecule has 0 saturated heterocycles. The van der Waals surface area contributed by atoms with Crippen LogP contribution in [0.5, 0.6) is 0 Å². The van der Waals surface area contributed by atoms with E-state index in [0.717, 1.165) is 16.5 Å². The molecule has 0 atom stereocenters. The largest absolute Gasteiger partial charge is 0.392 e. The summed E-state index contributed by atoms with van der Waals surface area (Å²) in [6.07, 6.45) is 4.21. The van der Waals surface area contributed by atoms with Crippen LogP contribution in [0.4, 0.5) is 0 Å². The van der Waals surface area contributed by atoms with Gasteiger partial charge in [-0.2, -0.15) is 0 Å². The summed E-state index contributed by atoms with van der Waals surface area (Å²) in [5.74, 6) is 1.19. The lowest BCUT2D eigenvalue weighted by Gasteiger charge is -2.05. The minimum Gasteiger partial charge on any atom is -0.392 e. The minimum atomic E-state index is 0.131. The highest BCUT2D eigenvalue weighted by atomic mass is 79.9. The number of hydrogen-bond acceptors (Lipinski definition) is 1. The normalized spacial score (nSPS) is 12.2. The van der Waals surface area contributed by atoms with Gasteiger partial charge in [0.05, 0.1) is 6.61 Å². The van der Waals surface area contributed by atoms with Crippen molar-refractivity contribution < 1.29 is 5.11 Å². The highest BCUT2D eigenvalue weighted by Crippen LogP contribution is 2.17. The Morgan fingerprint density at radius 1 is 0.750 bits per heavy atom. The first kappa shape index (κ1) is 24.4. The summed E-state index contributed by atoms with van der Waals surface area (Å²) in [7, 11) is 0. The standard InChI is InChI=1S/C13H17Br.C13H18O/c2*1-10(2)13-6-4-12(5-7-13)8-11(3)9-14/h4-8,10H,9H2,1-3H3;4-8,10,14H,9H2,1-3H3. The van der Waals surface area contributed by atoms with E-state index in [4.69, 9.17) is 5.11 Å². The summed E-state index contributed by atoms with van der Waals surface area (Å²) in [4.78, 5) is 0. The molecule has 2 heteroatoms. The van der Waals surface area contributed by atoms with Crippen molar-refractivity contribution >= 4 is 28.1 Å². The molecule has 0 spiro atoms. The van der Waals surface area contributed by atoms with E-state index < -0.39 is 0 Å². The van der Waals surface area contributed by atoms with Crippen LogP contribution in [-0.4, -0.2) is 17.0 Å². The molecule has 0 bridgehead atoms. The number of aliphatic hydroxyl groups excluding tert-OH is 1. The van der Waals surface area contributed by atoms with Crippen molar-refractivity contribution in [2.45, 2.75) is 53.4 Å². The van der Waals surface area contributed by atoms with E-state index in [1.807, 2.05) is 13.0 Å². The summed E-state index contributed by atoms with van der Waals surface area (Å²) in [6.45, 7) is 13.0. The Hall–Kier alpha value is -1.64. The molecule has 0 amide bonds. The van der Waals surface area contributed by atoms with Crippen LogP contribution < -0.4 is 0 Å². The van der Waals surface area contributed by atoms with Crippen LogP contribution in [0.2, 0.25) is 0 Å². The maximum atomic E-state index is 8.87. The van der Waals surface area contributed by atoms with Crippen LogP contribution >= 0.6 is 15.9 Å². The highest BCUT2D eigenvalue weighted by Gasteiger charge is 1.98. The van der Waals surface area contributed by atoms with Gasteiger partial charge in [0.2, 0.25) is 0 Å². The monoisotopic (exact) mass is 442 g/mol. The predicted molar refractivity (Wildman–Crippen MR) is 129 cm³/mol. The van der Waals surface area contributed by atoms with Crippen LogP contribution in [0.25, 0.3) is 12.2 Å². The van der Waals surface area contributed by atoms with E-state index in [-0.39, 0.29) is 6.61 Å². The molecule has 152 valence electrons. The summed E-state index contributed by atoms with van der Waals surface area (Å²) < 4.78 is 0. The Morgan fingerprint density at radius 3 is 1.39 bits per heavy atom. The second-order valence-corrected chi connectivity index (χ2v) is 8.48. The van der Waals surface area contributed by atoms with Crippen molar-refractivity contribution in [3.8, 4) is 0 Å². The van der Waals surface area contributed by atoms with Crippen LogP contribution in [-0.2, 0) is 0 Å². The SMILES string of the molecule is CC(=Cc1ccc(C(C)C)cc1)CBr.CC(=Cc1ccc(C(C)C)cc1)CO. The molecule has 2 aromatic carbocycles. The van der Waals surface area contributed by atoms with E-state index in [1.165, 1.54) is 22.3 Å². The fraction of sp³-hybridized carbons (Fsp3) is 0.385.